The fourth-order valence-electron chi connectivity index (χ4n) is 4.40. The van der Waals surface area contributed by atoms with Crippen molar-refractivity contribution in [3.8, 4) is 17.3 Å². The van der Waals surface area contributed by atoms with E-state index in [2.05, 4.69) is 15.4 Å². The van der Waals surface area contributed by atoms with Crippen molar-refractivity contribution >= 4 is 22.3 Å². The van der Waals surface area contributed by atoms with Crippen LogP contribution in [0.4, 0.5) is 42.2 Å². The Balaban J connectivity index is 1.55. The molecule has 4 aromatic rings. The number of aromatic amines is 1. The van der Waals surface area contributed by atoms with Crippen molar-refractivity contribution in [1.82, 2.24) is 19.7 Å². The Kier molecular flexibility index (Phi) is 7.97. The summed E-state index contributed by atoms with van der Waals surface area (Å²) < 4.78 is 95.7. The van der Waals surface area contributed by atoms with Crippen molar-refractivity contribution in [2.75, 3.05) is 11.1 Å². The minimum atomic E-state index is -4.91. The fraction of sp³-hybridized carbons (Fsp3) is 0.269. The van der Waals surface area contributed by atoms with Gasteiger partial charge in [0.25, 0.3) is 11.1 Å². The Morgan fingerprint density at radius 2 is 1.86 bits per heavy atom. The van der Waals surface area contributed by atoms with Crippen LogP contribution in [0.3, 0.4) is 0 Å². The molecular formula is C26H20F7N7O2. The number of fused-ring (bicyclic) bond motifs is 1. The number of pyridine rings is 2. The molecular weight excluding hydrogens is 575 g/mol. The summed E-state index contributed by atoms with van der Waals surface area (Å²) in [7, 11) is 0. The van der Waals surface area contributed by atoms with Crippen LogP contribution < -0.4 is 22.2 Å². The molecule has 0 aliphatic heterocycles. The van der Waals surface area contributed by atoms with Crippen LogP contribution in [0, 0.1) is 17.1 Å². The number of anilines is 2. The summed E-state index contributed by atoms with van der Waals surface area (Å²) in [5.74, 6) is -1.97. The van der Waals surface area contributed by atoms with Gasteiger partial charge in [0, 0.05) is 24.3 Å². The normalized spacial score (nSPS) is 12.7. The van der Waals surface area contributed by atoms with Gasteiger partial charge in [-0.05, 0) is 49.4 Å². The number of rotatable bonds is 7. The monoisotopic (exact) mass is 595 g/mol. The minimum absolute atomic E-state index is 0.0623. The summed E-state index contributed by atoms with van der Waals surface area (Å²) >= 11 is 0. The average molecular weight is 595 g/mol. The molecule has 0 saturated heterocycles. The number of nitrogens with two attached hydrogens (primary N) is 1. The molecule has 9 nitrogen and oxygen atoms in total. The second-order valence-electron chi connectivity index (χ2n) is 9.33. The van der Waals surface area contributed by atoms with Gasteiger partial charge in [-0.3, -0.25) is 9.59 Å². The van der Waals surface area contributed by atoms with Crippen LogP contribution in [0.1, 0.15) is 36.5 Å². The van der Waals surface area contributed by atoms with Gasteiger partial charge in [0.1, 0.15) is 23.3 Å². The maximum absolute atomic E-state index is 15.1. The molecule has 0 radical (unpaired) electrons. The van der Waals surface area contributed by atoms with Crippen molar-refractivity contribution in [2.24, 2.45) is 0 Å². The van der Waals surface area contributed by atoms with E-state index in [0.29, 0.717) is 12.5 Å². The number of nitriles is 1. The fourth-order valence-corrected chi connectivity index (χ4v) is 4.40. The Morgan fingerprint density at radius 1 is 1.14 bits per heavy atom. The van der Waals surface area contributed by atoms with Gasteiger partial charge in [-0.1, -0.05) is 0 Å². The highest BCUT2D eigenvalue weighted by Crippen LogP contribution is 2.37. The third-order valence-corrected chi connectivity index (χ3v) is 6.38. The average Bonchev–Trinajstić information content (AvgIpc) is 2.88. The third-order valence-electron chi connectivity index (χ3n) is 6.38. The molecule has 0 aliphatic carbocycles. The van der Waals surface area contributed by atoms with E-state index in [1.807, 2.05) is 0 Å². The summed E-state index contributed by atoms with van der Waals surface area (Å²) in [5, 5.41) is 17.3. The summed E-state index contributed by atoms with van der Waals surface area (Å²) in [6.45, 7) is 1.69. The molecule has 0 fully saturated rings. The first kappa shape index (κ1) is 30.0. The third kappa shape index (κ3) is 6.04. The molecule has 3 aromatic heterocycles. The standard InChI is InChI=1S/C26H20F7N7O2/c1-12(37-19-11-36-39-23(41)20(19)26(31,32)33)3-2-5-40-6-4-13-7-16(18(27)9-15(13)24(40)42)21-14(10-34)8-17(22(35)38-21)25(28,29)30/h4,6-9,11-12H,2-3,5H2,1H3,(H2,35,38)(H2,37,39,41). The summed E-state index contributed by atoms with van der Waals surface area (Å²) in [6.07, 6.45) is -6.96. The zero-order valence-electron chi connectivity index (χ0n) is 21.5. The lowest BCUT2D eigenvalue weighted by Gasteiger charge is -2.18. The number of aryl methyl sites for hydroxylation is 1. The lowest BCUT2D eigenvalue weighted by Crippen LogP contribution is -2.27. The van der Waals surface area contributed by atoms with E-state index in [-0.39, 0.29) is 29.3 Å². The first-order valence-corrected chi connectivity index (χ1v) is 12.1. The molecule has 0 spiro atoms. The Labute approximate surface area is 231 Å². The largest absolute Gasteiger partial charge is 0.423 e. The number of alkyl halides is 6. The number of aromatic nitrogens is 4. The van der Waals surface area contributed by atoms with E-state index in [4.69, 9.17) is 5.73 Å². The van der Waals surface area contributed by atoms with Crippen LogP contribution in [-0.4, -0.2) is 25.8 Å². The predicted octanol–water partition coefficient (Wildman–Crippen LogP) is 5.06. The molecule has 1 atom stereocenters. The van der Waals surface area contributed by atoms with Gasteiger partial charge in [0.2, 0.25) is 0 Å². The van der Waals surface area contributed by atoms with E-state index in [9.17, 15) is 41.2 Å². The molecule has 0 aliphatic rings. The van der Waals surface area contributed by atoms with Crippen molar-refractivity contribution in [2.45, 2.75) is 44.7 Å². The van der Waals surface area contributed by atoms with Crippen molar-refractivity contribution < 1.29 is 30.7 Å². The molecule has 3 heterocycles. The lowest BCUT2D eigenvalue weighted by molar-refractivity contribution is -0.138. The van der Waals surface area contributed by atoms with Gasteiger partial charge in [-0.25, -0.2) is 14.5 Å². The van der Waals surface area contributed by atoms with Gasteiger partial charge in [0.05, 0.1) is 34.1 Å². The molecule has 0 saturated carbocycles. The van der Waals surface area contributed by atoms with Gasteiger partial charge in [0.15, 0.2) is 0 Å². The van der Waals surface area contributed by atoms with Crippen LogP contribution >= 0.6 is 0 Å². The van der Waals surface area contributed by atoms with Crippen LogP contribution in [0.5, 0.6) is 0 Å². The molecule has 42 heavy (non-hydrogen) atoms. The summed E-state index contributed by atoms with van der Waals surface area (Å²) in [4.78, 5) is 28.3. The molecule has 16 heteroatoms. The van der Waals surface area contributed by atoms with Gasteiger partial charge in [-0.2, -0.15) is 36.7 Å². The maximum atomic E-state index is 15.1. The molecule has 4 N–H and O–H groups in total. The van der Waals surface area contributed by atoms with E-state index >= 15 is 4.39 Å². The molecule has 4 rings (SSSR count). The first-order valence-electron chi connectivity index (χ1n) is 12.1. The Hall–Kier alpha value is -4.94. The van der Waals surface area contributed by atoms with Gasteiger partial charge < -0.3 is 15.6 Å². The minimum Gasteiger partial charge on any atom is -0.383 e. The summed E-state index contributed by atoms with van der Waals surface area (Å²) in [5.41, 5.74) is -1.11. The van der Waals surface area contributed by atoms with Crippen LogP contribution in [-0.2, 0) is 18.9 Å². The summed E-state index contributed by atoms with van der Waals surface area (Å²) in [6, 6.07) is 4.99. The number of halogens is 7. The zero-order chi connectivity index (χ0) is 31.0. The SMILES string of the molecule is CC(CCCn1ccc2cc(-c3nc(N)c(C(F)(F)F)cc3C#N)c(F)cc2c1=O)Nc1cn[nH]c(=O)c1C(F)(F)F. The van der Waals surface area contributed by atoms with Crippen molar-refractivity contribution in [3.05, 3.63) is 79.9 Å². The molecule has 0 bridgehead atoms. The van der Waals surface area contributed by atoms with Crippen LogP contribution in [0.25, 0.3) is 22.0 Å². The first-order chi connectivity index (χ1) is 19.6. The second-order valence-corrected chi connectivity index (χ2v) is 9.33. The number of nitrogen functional groups attached to an aromatic ring is 1. The number of hydrogen-bond donors (Lipinski definition) is 3. The molecule has 220 valence electrons. The maximum Gasteiger partial charge on any atom is 0.423 e. The van der Waals surface area contributed by atoms with E-state index in [1.165, 1.54) is 22.9 Å². The van der Waals surface area contributed by atoms with Crippen LogP contribution in [0.15, 0.2) is 46.2 Å². The second kappa shape index (κ2) is 11.1. The lowest BCUT2D eigenvalue weighted by atomic mass is 10.0. The number of benzene rings is 1. The van der Waals surface area contributed by atoms with Crippen molar-refractivity contribution in [1.29, 1.82) is 5.26 Å². The molecule has 1 aromatic carbocycles. The van der Waals surface area contributed by atoms with Gasteiger partial charge >= 0.3 is 12.4 Å². The number of hydrogen-bond acceptors (Lipinski definition) is 7. The van der Waals surface area contributed by atoms with Crippen molar-refractivity contribution in [3.63, 3.8) is 0 Å². The Morgan fingerprint density at radius 3 is 2.50 bits per heavy atom. The zero-order valence-corrected chi connectivity index (χ0v) is 21.5. The highest BCUT2D eigenvalue weighted by molar-refractivity contribution is 5.87. The van der Waals surface area contributed by atoms with Gasteiger partial charge in [-0.15, -0.1) is 0 Å². The molecule has 0 amide bonds. The quantitative estimate of drug-likeness (QED) is 0.254. The smallest absolute Gasteiger partial charge is 0.383 e. The van der Waals surface area contributed by atoms with Crippen LogP contribution in [0.2, 0.25) is 0 Å². The highest BCUT2D eigenvalue weighted by atomic mass is 19.4. The number of nitrogens with zero attached hydrogens (tertiary/aromatic N) is 4. The number of H-pyrrole nitrogens is 1. The van der Waals surface area contributed by atoms with E-state index in [0.717, 1.165) is 12.3 Å². The molecule has 1 unspecified atom stereocenters. The number of nitrogens with one attached hydrogen (secondary N) is 2. The topological polar surface area (TPSA) is 142 Å². The van der Waals surface area contributed by atoms with E-state index in [1.54, 1.807) is 18.1 Å². The Bertz CT molecular complexity index is 1820. The predicted molar refractivity (Wildman–Crippen MR) is 138 cm³/mol. The highest BCUT2D eigenvalue weighted by Gasteiger charge is 2.38. The van der Waals surface area contributed by atoms with E-state index < -0.39 is 69.2 Å².